The molecule has 4 aromatic rings. The first kappa shape index (κ1) is 36.7. The zero-order chi connectivity index (χ0) is 32.4. The predicted octanol–water partition coefficient (Wildman–Crippen LogP) is 11.3. The number of fused-ring (bicyclic) bond motifs is 4. The van der Waals surface area contributed by atoms with E-state index in [1.165, 1.54) is 44.3 Å². The van der Waals surface area contributed by atoms with Gasteiger partial charge in [-0.1, -0.05) is 116 Å². The topological polar surface area (TPSA) is 50.2 Å². The van der Waals surface area contributed by atoms with Gasteiger partial charge < -0.3 is 10.1 Å². The minimum absolute atomic E-state index is 0. The SMILES string of the molecule is CC(C)Cc1cc2c3c(nccc3c1)-c1[c-]cc3ccccc3c1C2(C)C.CCC(C)(CC)C(=O)/C=C(\O)C(C)(CC)CC.[Ir]. The quantitative estimate of drug-likeness (QED) is 0.105. The van der Waals surface area contributed by atoms with E-state index in [0.29, 0.717) is 5.92 Å². The van der Waals surface area contributed by atoms with E-state index in [2.05, 4.69) is 82.3 Å². The first-order valence-electron chi connectivity index (χ1n) is 16.6. The van der Waals surface area contributed by atoms with Gasteiger partial charge in [0.2, 0.25) is 0 Å². The predicted molar refractivity (Wildman–Crippen MR) is 187 cm³/mol. The van der Waals surface area contributed by atoms with Gasteiger partial charge in [0.25, 0.3) is 0 Å². The van der Waals surface area contributed by atoms with Gasteiger partial charge >= 0.3 is 0 Å². The molecule has 0 aliphatic heterocycles. The molecule has 0 amide bonds. The van der Waals surface area contributed by atoms with Crippen molar-refractivity contribution >= 4 is 27.3 Å². The van der Waals surface area contributed by atoms with Crippen molar-refractivity contribution in [2.75, 3.05) is 0 Å². The van der Waals surface area contributed by atoms with Crippen molar-refractivity contribution in [3.05, 3.63) is 89.3 Å². The fourth-order valence-electron chi connectivity index (χ4n) is 6.51. The summed E-state index contributed by atoms with van der Waals surface area (Å²) < 4.78 is 0. The molecule has 1 aliphatic rings. The molecule has 3 nitrogen and oxygen atoms in total. The maximum absolute atomic E-state index is 12.2. The summed E-state index contributed by atoms with van der Waals surface area (Å²) in [6.45, 7) is 21.4. The number of hydrogen-bond donors (Lipinski definition) is 1. The number of aliphatic hydroxyl groups excluding tert-OH is 1. The van der Waals surface area contributed by atoms with Gasteiger partial charge in [0.1, 0.15) is 5.76 Å². The molecular formula is C41H52IrNO2-. The Morgan fingerprint density at radius 2 is 1.58 bits per heavy atom. The van der Waals surface area contributed by atoms with E-state index in [9.17, 15) is 9.90 Å². The fourth-order valence-corrected chi connectivity index (χ4v) is 6.51. The van der Waals surface area contributed by atoms with Crippen molar-refractivity contribution < 1.29 is 30.0 Å². The molecule has 1 aromatic heterocycles. The van der Waals surface area contributed by atoms with Crippen LogP contribution in [0.1, 0.15) is 112 Å². The Hall–Kier alpha value is -2.81. The smallest absolute Gasteiger partial charge is 0.164 e. The van der Waals surface area contributed by atoms with Gasteiger partial charge in [0.05, 0.1) is 0 Å². The molecule has 1 N–H and O–H groups in total. The molecule has 5 rings (SSSR count). The largest absolute Gasteiger partial charge is 0.512 e. The third-order valence-electron chi connectivity index (χ3n) is 10.6. The summed E-state index contributed by atoms with van der Waals surface area (Å²) >= 11 is 0. The van der Waals surface area contributed by atoms with Crippen molar-refractivity contribution in [2.45, 2.75) is 107 Å². The Morgan fingerprint density at radius 3 is 2.18 bits per heavy atom. The second kappa shape index (κ2) is 14.3. The van der Waals surface area contributed by atoms with E-state index in [4.69, 9.17) is 4.98 Å². The Balaban J connectivity index is 0.000000270. The third kappa shape index (κ3) is 6.98. The molecular weight excluding hydrogens is 731 g/mol. The van der Waals surface area contributed by atoms with Crippen LogP contribution in [0.5, 0.6) is 0 Å². The fraction of sp³-hybridized carbons (Fsp3) is 0.463. The summed E-state index contributed by atoms with van der Waals surface area (Å²) in [4.78, 5) is 17.0. The van der Waals surface area contributed by atoms with E-state index in [1.54, 1.807) is 0 Å². The molecule has 0 saturated heterocycles. The van der Waals surface area contributed by atoms with Crippen LogP contribution in [0, 0.1) is 22.8 Å². The number of aromatic nitrogens is 1. The van der Waals surface area contributed by atoms with Gasteiger partial charge in [-0.3, -0.25) is 4.79 Å². The van der Waals surface area contributed by atoms with Crippen molar-refractivity contribution in [1.82, 2.24) is 4.98 Å². The molecule has 4 heteroatoms. The Labute approximate surface area is 285 Å². The van der Waals surface area contributed by atoms with Crippen LogP contribution >= 0.6 is 0 Å². The van der Waals surface area contributed by atoms with Crippen molar-refractivity contribution in [3.8, 4) is 11.3 Å². The van der Waals surface area contributed by atoms with Crippen LogP contribution in [0.25, 0.3) is 32.8 Å². The molecule has 45 heavy (non-hydrogen) atoms. The van der Waals surface area contributed by atoms with Gasteiger partial charge in [0, 0.05) is 43.2 Å². The summed E-state index contributed by atoms with van der Waals surface area (Å²) in [5, 5.41) is 15.3. The Kier molecular flexibility index (Phi) is 11.7. The number of carbonyl (C=O) groups is 1. The summed E-state index contributed by atoms with van der Waals surface area (Å²) in [6.07, 6.45) is 7.81. The van der Waals surface area contributed by atoms with Crippen LogP contribution < -0.4 is 0 Å². The van der Waals surface area contributed by atoms with Crippen LogP contribution in [-0.2, 0) is 36.7 Å². The van der Waals surface area contributed by atoms with Crippen LogP contribution in [-0.4, -0.2) is 15.9 Å². The number of pyridine rings is 1. The average Bonchev–Trinajstić information content (AvgIpc) is 3.02. The normalized spacial score (nSPS) is 14.1. The van der Waals surface area contributed by atoms with Crippen LogP contribution in [0.3, 0.4) is 0 Å². The second-order valence-corrected chi connectivity index (χ2v) is 14.2. The first-order chi connectivity index (χ1) is 20.8. The number of benzene rings is 3. The van der Waals surface area contributed by atoms with Crippen LogP contribution in [0.15, 0.2) is 66.6 Å². The molecule has 0 bridgehead atoms. The molecule has 0 spiro atoms. The molecule has 0 saturated carbocycles. The van der Waals surface area contributed by atoms with Crippen LogP contribution in [0.2, 0.25) is 0 Å². The van der Waals surface area contributed by atoms with E-state index in [-0.39, 0.29) is 47.9 Å². The molecule has 1 heterocycles. The van der Waals surface area contributed by atoms with E-state index in [1.807, 2.05) is 47.7 Å². The van der Waals surface area contributed by atoms with E-state index in [0.717, 1.165) is 43.4 Å². The maximum atomic E-state index is 12.2. The maximum Gasteiger partial charge on any atom is 0.164 e. The van der Waals surface area contributed by atoms with Gasteiger partial charge in [-0.05, 0) is 77.1 Å². The summed E-state index contributed by atoms with van der Waals surface area (Å²) in [6, 6.07) is 21.3. The summed E-state index contributed by atoms with van der Waals surface area (Å²) in [5.74, 6) is 0.929. The van der Waals surface area contributed by atoms with Gasteiger partial charge in [-0.2, -0.15) is 0 Å². The third-order valence-corrected chi connectivity index (χ3v) is 10.6. The molecule has 0 unspecified atom stereocenters. The monoisotopic (exact) mass is 783 g/mol. The molecule has 1 aliphatic carbocycles. The van der Waals surface area contributed by atoms with Gasteiger partial charge in [-0.25, -0.2) is 0 Å². The average molecular weight is 783 g/mol. The first-order valence-corrected chi connectivity index (χ1v) is 16.6. The standard InChI is InChI=1S/C26H24N.C15H28O2.Ir/c1-16(2)13-17-14-19-11-12-27-25-21-10-9-18-7-5-6-8-20(18)24(21)26(3,4)22(15-17)23(19)25;1-7-14(5,8-2)12(16)11-13(17)15(6,9-3)10-4;/h5-9,11-12,14-16H,13H2,1-4H3;11,16H,7-10H2,1-6H3;/q-1;;/b;12-11-;. The molecule has 0 fully saturated rings. The van der Waals surface area contributed by atoms with E-state index < -0.39 is 0 Å². The molecule has 0 atom stereocenters. The number of allylic oxidation sites excluding steroid dienone is 2. The molecule has 1 radical (unpaired) electrons. The van der Waals surface area contributed by atoms with E-state index >= 15 is 0 Å². The molecule has 243 valence electrons. The number of rotatable bonds is 9. The number of ketones is 1. The minimum atomic E-state index is -0.337. The number of carbonyl (C=O) groups excluding carboxylic acids is 1. The van der Waals surface area contributed by atoms with Crippen molar-refractivity contribution in [3.63, 3.8) is 0 Å². The number of aliphatic hydroxyl groups is 1. The zero-order valence-electron chi connectivity index (χ0n) is 29.0. The van der Waals surface area contributed by atoms with Crippen LogP contribution in [0.4, 0.5) is 0 Å². The second-order valence-electron chi connectivity index (χ2n) is 14.2. The van der Waals surface area contributed by atoms with Gasteiger partial charge in [-0.15, -0.1) is 23.3 Å². The Morgan fingerprint density at radius 1 is 0.956 bits per heavy atom. The summed E-state index contributed by atoms with van der Waals surface area (Å²) in [5.41, 5.74) is 5.73. The summed E-state index contributed by atoms with van der Waals surface area (Å²) in [7, 11) is 0. The molecule has 3 aromatic carbocycles. The zero-order valence-corrected chi connectivity index (χ0v) is 31.4. The number of hydrogen-bond acceptors (Lipinski definition) is 3. The van der Waals surface area contributed by atoms with Gasteiger partial charge in [0.15, 0.2) is 5.78 Å². The minimum Gasteiger partial charge on any atom is -0.512 e. The Bertz CT molecular complexity index is 1690. The number of nitrogens with zero attached hydrogens (tertiary/aromatic N) is 1. The van der Waals surface area contributed by atoms with Crippen molar-refractivity contribution in [2.24, 2.45) is 16.7 Å². The van der Waals surface area contributed by atoms with Crippen molar-refractivity contribution in [1.29, 1.82) is 0 Å².